The standard InChI is InChI=1S/C18H20F2O5/c19-12-5-1-10(2-6-12)15(11-3-7-13(20)8-4-11)17(24)18(25)16(23)14(22)9-21/h1-8,14-18,21-25H,9H2. The monoisotopic (exact) mass is 354 g/mol. The molecule has 7 heteroatoms. The summed E-state index contributed by atoms with van der Waals surface area (Å²) in [4.78, 5) is 0. The predicted molar refractivity (Wildman–Crippen MR) is 85.8 cm³/mol. The number of aliphatic hydroxyl groups is 5. The molecule has 0 aliphatic rings. The van der Waals surface area contributed by atoms with E-state index >= 15 is 0 Å². The number of hydrogen-bond acceptors (Lipinski definition) is 5. The van der Waals surface area contributed by atoms with Crippen molar-refractivity contribution in [2.45, 2.75) is 30.3 Å². The largest absolute Gasteiger partial charge is 0.394 e. The van der Waals surface area contributed by atoms with E-state index in [4.69, 9.17) is 5.11 Å². The Labute approximate surface area is 143 Å². The second kappa shape index (κ2) is 8.46. The zero-order valence-electron chi connectivity index (χ0n) is 13.2. The lowest BCUT2D eigenvalue weighted by Crippen LogP contribution is -2.48. The molecule has 0 amide bonds. The molecule has 2 rings (SSSR count). The molecule has 0 spiro atoms. The lowest BCUT2D eigenvalue weighted by molar-refractivity contribution is -0.117. The first kappa shape index (κ1) is 19.4. The Kier molecular flexibility index (Phi) is 6.57. The molecule has 0 heterocycles. The maximum atomic E-state index is 13.2. The van der Waals surface area contributed by atoms with Gasteiger partial charge in [0.2, 0.25) is 0 Å². The number of rotatable bonds is 7. The van der Waals surface area contributed by atoms with Crippen LogP contribution >= 0.6 is 0 Å². The molecular formula is C18H20F2O5. The summed E-state index contributed by atoms with van der Waals surface area (Å²) in [5, 5.41) is 48.9. The second-order valence-electron chi connectivity index (χ2n) is 5.80. The second-order valence-corrected chi connectivity index (χ2v) is 5.80. The lowest BCUT2D eigenvalue weighted by atomic mass is 9.82. The summed E-state index contributed by atoms with van der Waals surface area (Å²) in [5.41, 5.74) is 0.843. The molecule has 0 saturated heterocycles. The molecule has 0 saturated carbocycles. The van der Waals surface area contributed by atoms with Crippen LogP contribution in [0, 0.1) is 11.6 Å². The first-order valence-corrected chi connectivity index (χ1v) is 7.69. The smallest absolute Gasteiger partial charge is 0.123 e. The summed E-state index contributed by atoms with van der Waals surface area (Å²) < 4.78 is 26.4. The summed E-state index contributed by atoms with van der Waals surface area (Å²) in [7, 11) is 0. The van der Waals surface area contributed by atoms with Crippen molar-refractivity contribution in [3.63, 3.8) is 0 Å². The van der Waals surface area contributed by atoms with Crippen molar-refractivity contribution < 1.29 is 34.3 Å². The number of aliphatic hydroxyl groups excluding tert-OH is 5. The van der Waals surface area contributed by atoms with Crippen molar-refractivity contribution in [3.05, 3.63) is 71.3 Å². The van der Waals surface area contributed by atoms with Gasteiger partial charge in [0.25, 0.3) is 0 Å². The van der Waals surface area contributed by atoms with E-state index in [9.17, 15) is 29.2 Å². The van der Waals surface area contributed by atoms with E-state index in [0.29, 0.717) is 11.1 Å². The Hall–Kier alpha value is -1.90. The van der Waals surface area contributed by atoms with Crippen molar-refractivity contribution >= 4 is 0 Å². The zero-order chi connectivity index (χ0) is 18.6. The molecular weight excluding hydrogens is 334 g/mol. The molecule has 5 N–H and O–H groups in total. The van der Waals surface area contributed by atoms with Crippen LogP contribution in [0.5, 0.6) is 0 Å². The van der Waals surface area contributed by atoms with Crippen LogP contribution in [0.4, 0.5) is 8.78 Å². The molecule has 0 fully saturated rings. The minimum absolute atomic E-state index is 0.422. The first-order valence-electron chi connectivity index (χ1n) is 7.69. The summed E-state index contributed by atoms with van der Waals surface area (Å²) in [6.07, 6.45) is -6.86. The fraction of sp³-hybridized carbons (Fsp3) is 0.333. The van der Waals surface area contributed by atoms with Crippen LogP contribution in [0.2, 0.25) is 0 Å². The van der Waals surface area contributed by atoms with E-state index in [1.54, 1.807) is 0 Å². The van der Waals surface area contributed by atoms with Gasteiger partial charge in [0.15, 0.2) is 0 Å². The Morgan fingerprint density at radius 2 is 1.04 bits per heavy atom. The van der Waals surface area contributed by atoms with Crippen LogP contribution in [0.15, 0.2) is 48.5 Å². The summed E-state index contributed by atoms with van der Waals surface area (Å²) in [6.45, 7) is -0.803. The first-order chi connectivity index (χ1) is 11.8. The van der Waals surface area contributed by atoms with Gasteiger partial charge < -0.3 is 25.5 Å². The van der Waals surface area contributed by atoms with Crippen LogP contribution in [0.1, 0.15) is 17.0 Å². The van der Waals surface area contributed by atoms with Crippen molar-refractivity contribution in [2.24, 2.45) is 0 Å². The van der Waals surface area contributed by atoms with Gasteiger partial charge in [-0.25, -0.2) is 8.78 Å². The van der Waals surface area contributed by atoms with E-state index in [0.717, 1.165) is 0 Å². The van der Waals surface area contributed by atoms with Crippen molar-refractivity contribution in [1.29, 1.82) is 0 Å². The number of benzene rings is 2. The lowest BCUT2D eigenvalue weighted by Gasteiger charge is -2.31. The van der Waals surface area contributed by atoms with E-state index in [1.165, 1.54) is 48.5 Å². The van der Waals surface area contributed by atoms with E-state index in [2.05, 4.69) is 0 Å². The maximum Gasteiger partial charge on any atom is 0.123 e. The number of hydrogen-bond donors (Lipinski definition) is 5. The summed E-state index contributed by atoms with van der Waals surface area (Å²) in [6, 6.07) is 10.3. The minimum Gasteiger partial charge on any atom is -0.394 e. The molecule has 0 aliphatic carbocycles. The van der Waals surface area contributed by atoms with Gasteiger partial charge in [0.1, 0.15) is 29.9 Å². The quantitative estimate of drug-likeness (QED) is 0.499. The highest BCUT2D eigenvalue weighted by atomic mass is 19.1. The Bertz CT molecular complexity index is 617. The Morgan fingerprint density at radius 3 is 1.40 bits per heavy atom. The van der Waals surface area contributed by atoms with Crippen LogP contribution in [0.25, 0.3) is 0 Å². The highest BCUT2D eigenvalue weighted by Gasteiger charge is 2.36. The SMILES string of the molecule is OCC(O)C(O)C(O)C(O)C(c1ccc(F)cc1)c1ccc(F)cc1. The normalized spacial score (nSPS) is 16.5. The molecule has 2 aromatic carbocycles. The molecule has 25 heavy (non-hydrogen) atoms. The van der Waals surface area contributed by atoms with Gasteiger partial charge in [-0.15, -0.1) is 0 Å². The molecule has 0 aromatic heterocycles. The van der Waals surface area contributed by atoms with Crippen molar-refractivity contribution in [1.82, 2.24) is 0 Å². The maximum absolute atomic E-state index is 13.2. The van der Waals surface area contributed by atoms with Gasteiger partial charge in [-0.1, -0.05) is 24.3 Å². The molecule has 5 nitrogen and oxygen atoms in total. The molecule has 4 atom stereocenters. The predicted octanol–water partition coefficient (Wildman–Crippen LogP) is 0.533. The van der Waals surface area contributed by atoms with Crippen LogP contribution in [-0.4, -0.2) is 56.6 Å². The van der Waals surface area contributed by atoms with Gasteiger partial charge in [-0.05, 0) is 35.4 Å². The van der Waals surface area contributed by atoms with Crippen LogP contribution in [-0.2, 0) is 0 Å². The zero-order valence-corrected chi connectivity index (χ0v) is 13.2. The average molecular weight is 354 g/mol. The average Bonchev–Trinajstić information content (AvgIpc) is 2.63. The Balaban J connectivity index is 2.40. The van der Waals surface area contributed by atoms with Gasteiger partial charge in [0, 0.05) is 5.92 Å². The summed E-state index contributed by atoms with van der Waals surface area (Å²) >= 11 is 0. The molecule has 0 aliphatic heterocycles. The van der Waals surface area contributed by atoms with Gasteiger partial charge >= 0.3 is 0 Å². The Morgan fingerprint density at radius 1 is 0.640 bits per heavy atom. The van der Waals surface area contributed by atoms with E-state index in [1.807, 2.05) is 0 Å². The third kappa shape index (κ3) is 4.59. The van der Waals surface area contributed by atoms with Crippen molar-refractivity contribution in [3.8, 4) is 0 Å². The third-order valence-corrected chi connectivity index (χ3v) is 4.08. The van der Waals surface area contributed by atoms with E-state index < -0.39 is 48.6 Å². The fourth-order valence-electron chi connectivity index (χ4n) is 2.66. The highest BCUT2D eigenvalue weighted by Crippen LogP contribution is 2.31. The molecule has 2 aromatic rings. The van der Waals surface area contributed by atoms with Gasteiger partial charge in [-0.3, -0.25) is 0 Å². The summed E-state index contributed by atoms with van der Waals surface area (Å²) in [5.74, 6) is -1.91. The van der Waals surface area contributed by atoms with Crippen LogP contribution in [0.3, 0.4) is 0 Å². The van der Waals surface area contributed by atoms with E-state index in [-0.39, 0.29) is 0 Å². The molecule has 0 bridgehead atoms. The topological polar surface area (TPSA) is 101 Å². The van der Waals surface area contributed by atoms with Crippen molar-refractivity contribution in [2.75, 3.05) is 6.61 Å². The highest BCUT2D eigenvalue weighted by molar-refractivity contribution is 5.34. The van der Waals surface area contributed by atoms with Gasteiger partial charge in [-0.2, -0.15) is 0 Å². The third-order valence-electron chi connectivity index (χ3n) is 4.08. The van der Waals surface area contributed by atoms with Crippen LogP contribution < -0.4 is 0 Å². The number of halogens is 2. The molecule has 136 valence electrons. The minimum atomic E-state index is -1.80. The van der Waals surface area contributed by atoms with Gasteiger partial charge in [0.05, 0.1) is 12.7 Å². The molecule has 4 unspecified atom stereocenters. The fourth-order valence-corrected chi connectivity index (χ4v) is 2.66. The molecule has 0 radical (unpaired) electrons.